The number of sulfonamides is 1. The van der Waals surface area contributed by atoms with Gasteiger partial charge < -0.3 is 4.42 Å². The predicted octanol–water partition coefficient (Wildman–Crippen LogP) is 5.47. The van der Waals surface area contributed by atoms with E-state index in [1.54, 1.807) is 33.7 Å². The highest BCUT2D eigenvalue weighted by atomic mass is 32.2. The van der Waals surface area contributed by atoms with Gasteiger partial charge in [0, 0.05) is 18.7 Å². The van der Waals surface area contributed by atoms with E-state index in [0.29, 0.717) is 35.5 Å². The summed E-state index contributed by atoms with van der Waals surface area (Å²) in [5, 5.41) is 0.561. The predicted molar refractivity (Wildman–Crippen MR) is 137 cm³/mol. The molecular weight excluding hydrogens is 482 g/mol. The van der Waals surface area contributed by atoms with E-state index in [2.05, 4.69) is 11.9 Å². The highest BCUT2D eigenvalue weighted by Gasteiger charge is 2.29. The van der Waals surface area contributed by atoms with Gasteiger partial charge in [-0.15, -0.1) is 0 Å². The minimum Gasteiger partial charge on any atom is -0.467 e. The molecule has 0 aliphatic carbocycles. The summed E-state index contributed by atoms with van der Waals surface area (Å²) in [6.07, 6.45) is 3.47. The van der Waals surface area contributed by atoms with Crippen LogP contribution >= 0.6 is 11.3 Å². The maximum Gasteiger partial charge on any atom is 0.260 e. The van der Waals surface area contributed by atoms with Crippen molar-refractivity contribution in [2.75, 3.05) is 18.0 Å². The quantitative estimate of drug-likeness (QED) is 0.344. The van der Waals surface area contributed by atoms with Crippen LogP contribution in [0, 0.1) is 12.8 Å². The van der Waals surface area contributed by atoms with Crippen LogP contribution in [0.5, 0.6) is 0 Å². The zero-order chi connectivity index (χ0) is 24.6. The lowest BCUT2D eigenvalue weighted by Gasteiger charge is -2.30. The van der Waals surface area contributed by atoms with Gasteiger partial charge >= 0.3 is 0 Å². The van der Waals surface area contributed by atoms with Gasteiger partial charge in [0.1, 0.15) is 5.76 Å². The Morgan fingerprint density at radius 1 is 1.20 bits per heavy atom. The molecule has 1 aliphatic heterocycles. The molecule has 35 heavy (non-hydrogen) atoms. The van der Waals surface area contributed by atoms with Crippen molar-refractivity contribution in [2.45, 2.75) is 38.1 Å². The molecule has 2 aromatic heterocycles. The lowest BCUT2D eigenvalue weighted by molar-refractivity contribution is 0.0983. The summed E-state index contributed by atoms with van der Waals surface area (Å²) in [5.41, 5.74) is 2.33. The Morgan fingerprint density at radius 3 is 2.71 bits per heavy atom. The summed E-state index contributed by atoms with van der Waals surface area (Å²) in [7, 11) is -3.59. The summed E-state index contributed by atoms with van der Waals surface area (Å²) in [5.74, 6) is 0.701. The number of carbonyl (C=O) groups excluding carboxylic acids is 1. The van der Waals surface area contributed by atoms with E-state index >= 15 is 0 Å². The summed E-state index contributed by atoms with van der Waals surface area (Å²) < 4.78 is 34.3. The Kier molecular flexibility index (Phi) is 6.48. The van der Waals surface area contributed by atoms with Gasteiger partial charge in [0.05, 0.1) is 27.9 Å². The topological polar surface area (TPSA) is 83.7 Å². The van der Waals surface area contributed by atoms with Crippen LogP contribution in [0.15, 0.2) is 70.2 Å². The van der Waals surface area contributed by atoms with Crippen LogP contribution in [-0.4, -0.2) is 36.7 Å². The Bertz CT molecular complexity index is 1440. The molecular formula is C26H27N3O4S2. The van der Waals surface area contributed by atoms with Crippen LogP contribution in [0.4, 0.5) is 5.13 Å². The Morgan fingerprint density at radius 2 is 2.00 bits per heavy atom. The fraction of sp³-hybridized carbons (Fsp3) is 0.308. The van der Waals surface area contributed by atoms with Crippen molar-refractivity contribution < 1.29 is 17.6 Å². The van der Waals surface area contributed by atoms with Crippen LogP contribution in [0.3, 0.4) is 0 Å². The van der Waals surface area contributed by atoms with Gasteiger partial charge in [0.25, 0.3) is 5.91 Å². The molecule has 1 atom stereocenters. The Labute approximate surface area is 209 Å². The van der Waals surface area contributed by atoms with Crippen molar-refractivity contribution in [3.8, 4) is 0 Å². The lowest BCUT2D eigenvalue weighted by Crippen LogP contribution is -2.39. The van der Waals surface area contributed by atoms with Gasteiger partial charge in [-0.25, -0.2) is 13.4 Å². The minimum absolute atomic E-state index is 0.205. The number of hydrogen-bond acceptors (Lipinski definition) is 6. The molecule has 0 radical (unpaired) electrons. The molecule has 2 aromatic carbocycles. The average molecular weight is 510 g/mol. The summed E-state index contributed by atoms with van der Waals surface area (Å²) in [6.45, 7) is 5.36. The number of nitrogens with zero attached hydrogens (tertiary/aromatic N) is 3. The molecule has 5 rings (SSSR count). The standard InChI is InChI=1S/C26H27N3O4S2/c1-18-7-12-23-24(15-18)34-26(27-23)29(17-21-6-4-14-33-21)25(30)20-8-10-22(11-9-20)35(31,32)28-13-3-5-19(2)16-28/h4,6-12,14-15,19H,3,5,13,16-17H2,1-2H3. The second-order valence-corrected chi connectivity index (χ2v) is 12.0. The number of fused-ring (bicyclic) bond motifs is 1. The van der Waals surface area contributed by atoms with E-state index < -0.39 is 10.0 Å². The monoisotopic (exact) mass is 509 g/mol. The average Bonchev–Trinajstić information content (AvgIpc) is 3.51. The van der Waals surface area contributed by atoms with Gasteiger partial charge in [0.15, 0.2) is 5.13 Å². The molecule has 1 fully saturated rings. The summed E-state index contributed by atoms with van der Waals surface area (Å²) in [4.78, 5) is 20.1. The van der Waals surface area contributed by atoms with Crippen LogP contribution in [0.2, 0.25) is 0 Å². The first-order valence-electron chi connectivity index (χ1n) is 11.6. The number of rotatable bonds is 6. The van der Waals surface area contributed by atoms with Crippen LogP contribution in [-0.2, 0) is 16.6 Å². The Hall–Kier alpha value is -3.01. The lowest BCUT2D eigenvalue weighted by atomic mass is 10.0. The Balaban J connectivity index is 1.45. The number of amides is 1. The molecule has 0 N–H and O–H groups in total. The number of carbonyl (C=O) groups is 1. The van der Waals surface area contributed by atoms with E-state index in [0.717, 1.165) is 28.6 Å². The number of aromatic nitrogens is 1. The van der Waals surface area contributed by atoms with Crippen molar-refractivity contribution in [3.05, 3.63) is 77.7 Å². The van der Waals surface area contributed by atoms with Crippen molar-refractivity contribution >= 4 is 42.6 Å². The van der Waals surface area contributed by atoms with Gasteiger partial charge in [-0.3, -0.25) is 9.69 Å². The fourth-order valence-electron chi connectivity index (χ4n) is 4.36. The molecule has 0 saturated carbocycles. The normalized spacial score (nSPS) is 17.0. The fourth-order valence-corrected chi connectivity index (χ4v) is 7.02. The van der Waals surface area contributed by atoms with Gasteiger partial charge in [-0.1, -0.05) is 24.3 Å². The van der Waals surface area contributed by atoms with Crippen molar-refractivity contribution in [1.29, 1.82) is 0 Å². The number of thiazole rings is 1. The number of furan rings is 1. The second kappa shape index (κ2) is 9.56. The smallest absolute Gasteiger partial charge is 0.260 e. The molecule has 0 spiro atoms. The van der Waals surface area contributed by atoms with Gasteiger partial charge in [-0.05, 0) is 79.8 Å². The highest BCUT2D eigenvalue weighted by molar-refractivity contribution is 7.89. The second-order valence-electron chi connectivity index (χ2n) is 9.07. The van der Waals surface area contributed by atoms with Gasteiger partial charge in [-0.2, -0.15) is 4.31 Å². The number of aryl methyl sites for hydroxylation is 1. The number of piperidine rings is 1. The van der Waals surface area contributed by atoms with Gasteiger partial charge in [0.2, 0.25) is 10.0 Å². The van der Waals surface area contributed by atoms with E-state index in [1.165, 1.54) is 23.5 Å². The van der Waals surface area contributed by atoms with Crippen molar-refractivity contribution in [3.63, 3.8) is 0 Å². The minimum atomic E-state index is -3.59. The SMILES string of the molecule is Cc1ccc2nc(N(Cc3ccco3)C(=O)c3ccc(S(=O)(=O)N4CCCC(C)C4)cc3)sc2c1. The molecule has 182 valence electrons. The molecule has 9 heteroatoms. The molecule has 4 aromatic rings. The van der Waals surface area contributed by atoms with Crippen LogP contribution in [0.1, 0.15) is 41.4 Å². The molecule has 1 aliphatic rings. The number of benzene rings is 2. The molecule has 1 saturated heterocycles. The summed E-state index contributed by atoms with van der Waals surface area (Å²) in [6, 6.07) is 15.8. The van der Waals surface area contributed by atoms with Crippen LogP contribution in [0.25, 0.3) is 10.2 Å². The van der Waals surface area contributed by atoms with E-state index in [9.17, 15) is 13.2 Å². The summed E-state index contributed by atoms with van der Waals surface area (Å²) >= 11 is 1.44. The van der Waals surface area contributed by atoms with E-state index in [4.69, 9.17) is 4.42 Å². The third-order valence-corrected chi connectivity index (χ3v) is 9.18. The zero-order valence-corrected chi connectivity index (χ0v) is 21.3. The third-order valence-electron chi connectivity index (χ3n) is 6.26. The van der Waals surface area contributed by atoms with E-state index in [1.807, 2.05) is 31.2 Å². The van der Waals surface area contributed by atoms with Crippen LogP contribution < -0.4 is 4.90 Å². The molecule has 1 amide bonds. The first-order chi connectivity index (χ1) is 16.8. The molecule has 1 unspecified atom stereocenters. The molecule has 7 nitrogen and oxygen atoms in total. The zero-order valence-electron chi connectivity index (χ0n) is 19.7. The number of anilines is 1. The van der Waals surface area contributed by atoms with E-state index in [-0.39, 0.29) is 17.3 Å². The number of hydrogen-bond donors (Lipinski definition) is 0. The molecule has 0 bridgehead atoms. The first kappa shape index (κ1) is 23.7. The van der Waals surface area contributed by atoms with Crippen molar-refractivity contribution in [1.82, 2.24) is 9.29 Å². The molecule has 3 heterocycles. The third kappa shape index (κ3) is 4.89. The highest BCUT2D eigenvalue weighted by Crippen LogP contribution is 2.32. The largest absolute Gasteiger partial charge is 0.467 e. The van der Waals surface area contributed by atoms with Crippen molar-refractivity contribution in [2.24, 2.45) is 5.92 Å². The maximum atomic E-state index is 13.6. The maximum absolute atomic E-state index is 13.6. The first-order valence-corrected chi connectivity index (χ1v) is 13.9.